The van der Waals surface area contributed by atoms with Gasteiger partial charge in [0.15, 0.2) is 0 Å². The standard InChI is InChI=1S/C4H8O3.C3H6O2/c1-7-3-2-4(5)6;1-3(4)5-2/h2-3H2,1H3,(H,5,6);1-2H3. The number of esters is 1. The molecule has 0 bridgehead atoms. The molecule has 0 atom stereocenters. The minimum Gasteiger partial charge on any atom is -0.481 e. The zero-order chi connectivity index (χ0) is 9.98. The van der Waals surface area contributed by atoms with Crippen LogP contribution < -0.4 is 0 Å². The maximum Gasteiger partial charge on any atom is 0.305 e. The lowest BCUT2D eigenvalue weighted by Crippen LogP contribution is -1.99. The van der Waals surface area contributed by atoms with Crippen LogP contribution in [0.2, 0.25) is 0 Å². The summed E-state index contributed by atoms with van der Waals surface area (Å²) in [5.74, 6) is -1.06. The minimum absolute atomic E-state index is 0.0938. The molecule has 12 heavy (non-hydrogen) atoms. The van der Waals surface area contributed by atoms with Gasteiger partial charge in [0, 0.05) is 14.0 Å². The molecule has 0 saturated carbocycles. The summed E-state index contributed by atoms with van der Waals surface area (Å²) in [6, 6.07) is 0. The lowest BCUT2D eigenvalue weighted by molar-refractivity contribution is -0.138. The van der Waals surface area contributed by atoms with E-state index in [1.165, 1.54) is 21.1 Å². The van der Waals surface area contributed by atoms with E-state index in [1.54, 1.807) is 0 Å². The molecule has 0 radical (unpaired) electrons. The first kappa shape index (κ1) is 13.5. The van der Waals surface area contributed by atoms with Gasteiger partial charge in [-0.2, -0.15) is 0 Å². The topological polar surface area (TPSA) is 72.8 Å². The highest BCUT2D eigenvalue weighted by molar-refractivity contribution is 5.66. The van der Waals surface area contributed by atoms with Crippen molar-refractivity contribution in [2.24, 2.45) is 0 Å². The van der Waals surface area contributed by atoms with Crippen molar-refractivity contribution in [3.63, 3.8) is 0 Å². The van der Waals surface area contributed by atoms with Gasteiger partial charge in [0.2, 0.25) is 0 Å². The SMILES string of the molecule is COC(C)=O.COCCC(=O)O. The Bertz CT molecular complexity index is 132. The van der Waals surface area contributed by atoms with Gasteiger partial charge in [-0.1, -0.05) is 0 Å². The van der Waals surface area contributed by atoms with Crippen LogP contribution in [0.4, 0.5) is 0 Å². The maximum atomic E-state index is 9.68. The van der Waals surface area contributed by atoms with Crippen LogP contribution in [-0.4, -0.2) is 37.9 Å². The van der Waals surface area contributed by atoms with Gasteiger partial charge in [-0.15, -0.1) is 0 Å². The van der Waals surface area contributed by atoms with Gasteiger partial charge in [0.25, 0.3) is 0 Å². The van der Waals surface area contributed by atoms with Crippen LogP contribution in [0, 0.1) is 0 Å². The van der Waals surface area contributed by atoms with E-state index in [0.717, 1.165) is 0 Å². The third kappa shape index (κ3) is 23.1. The second-order valence-corrected chi connectivity index (χ2v) is 1.83. The molecule has 1 N–H and O–H groups in total. The lowest BCUT2D eigenvalue weighted by atomic mass is 10.5. The minimum atomic E-state index is -0.818. The van der Waals surface area contributed by atoms with Gasteiger partial charge in [0.1, 0.15) is 0 Å². The monoisotopic (exact) mass is 178 g/mol. The van der Waals surface area contributed by atoms with E-state index in [2.05, 4.69) is 9.47 Å². The molecule has 0 aromatic rings. The predicted molar refractivity (Wildman–Crippen MR) is 41.8 cm³/mol. The second-order valence-electron chi connectivity index (χ2n) is 1.83. The molecular formula is C7H14O5. The molecular weight excluding hydrogens is 164 g/mol. The zero-order valence-electron chi connectivity index (χ0n) is 7.49. The fourth-order valence-electron chi connectivity index (χ4n) is 0.189. The Morgan fingerprint density at radius 3 is 1.83 bits per heavy atom. The van der Waals surface area contributed by atoms with Crippen molar-refractivity contribution >= 4 is 11.9 Å². The molecule has 0 aliphatic rings. The van der Waals surface area contributed by atoms with Crippen molar-refractivity contribution < 1.29 is 24.2 Å². The quantitative estimate of drug-likeness (QED) is 0.628. The molecule has 72 valence electrons. The summed E-state index contributed by atoms with van der Waals surface area (Å²) in [7, 11) is 2.82. The Hall–Kier alpha value is -1.10. The Kier molecular flexibility index (Phi) is 11.1. The summed E-state index contributed by atoms with van der Waals surface area (Å²) in [5, 5.41) is 7.96. The summed E-state index contributed by atoms with van der Waals surface area (Å²) in [6.45, 7) is 1.66. The van der Waals surface area contributed by atoms with E-state index in [4.69, 9.17) is 5.11 Å². The maximum absolute atomic E-state index is 9.68. The largest absolute Gasteiger partial charge is 0.481 e. The van der Waals surface area contributed by atoms with E-state index in [0.29, 0.717) is 6.61 Å². The number of hydrogen-bond acceptors (Lipinski definition) is 4. The molecule has 0 heterocycles. The van der Waals surface area contributed by atoms with Gasteiger partial charge < -0.3 is 14.6 Å². The van der Waals surface area contributed by atoms with Crippen molar-refractivity contribution in [3.8, 4) is 0 Å². The van der Waals surface area contributed by atoms with Crippen molar-refractivity contribution in [1.29, 1.82) is 0 Å². The molecule has 0 fully saturated rings. The van der Waals surface area contributed by atoms with Crippen LogP contribution in [0.25, 0.3) is 0 Å². The number of ether oxygens (including phenoxy) is 2. The Morgan fingerprint density at radius 2 is 1.75 bits per heavy atom. The number of aliphatic carboxylic acids is 1. The zero-order valence-corrected chi connectivity index (χ0v) is 7.49. The van der Waals surface area contributed by atoms with Crippen molar-refractivity contribution in [2.75, 3.05) is 20.8 Å². The summed E-state index contributed by atoms with van der Waals surface area (Å²) < 4.78 is 8.58. The molecule has 0 aliphatic carbocycles. The van der Waals surface area contributed by atoms with Crippen LogP contribution in [0.5, 0.6) is 0 Å². The normalized spacial score (nSPS) is 7.92. The van der Waals surface area contributed by atoms with Crippen molar-refractivity contribution in [1.82, 2.24) is 0 Å². The van der Waals surface area contributed by atoms with Crippen LogP contribution in [0.1, 0.15) is 13.3 Å². The van der Waals surface area contributed by atoms with Gasteiger partial charge in [-0.25, -0.2) is 0 Å². The summed E-state index contributed by atoms with van der Waals surface area (Å²) in [5.41, 5.74) is 0. The van der Waals surface area contributed by atoms with Crippen LogP contribution >= 0.6 is 0 Å². The van der Waals surface area contributed by atoms with Gasteiger partial charge >= 0.3 is 11.9 Å². The highest BCUT2D eigenvalue weighted by Gasteiger charge is 1.91. The molecule has 0 amide bonds. The number of carboxylic acid groups (broad SMARTS) is 1. The van der Waals surface area contributed by atoms with Gasteiger partial charge in [-0.3, -0.25) is 9.59 Å². The molecule has 0 aromatic heterocycles. The Labute approximate surface area is 71.3 Å². The van der Waals surface area contributed by atoms with Crippen LogP contribution in [-0.2, 0) is 19.1 Å². The lowest BCUT2D eigenvalue weighted by Gasteiger charge is -1.88. The number of rotatable bonds is 3. The summed E-state index contributed by atoms with van der Waals surface area (Å²) in [6.07, 6.45) is 0.0938. The second kappa shape index (κ2) is 9.90. The van der Waals surface area contributed by atoms with E-state index < -0.39 is 5.97 Å². The van der Waals surface area contributed by atoms with Crippen molar-refractivity contribution in [2.45, 2.75) is 13.3 Å². The molecule has 0 aromatic carbocycles. The highest BCUT2D eigenvalue weighted by Crippen LogP contribution is 1.76. The van der Waals surface area contributed by atoms with E-state index in [9.17, 15) is 9.59 Å². The summed E-state index contributed by atoms with van der Waals surface area (Å²) in [4.78, 5) is 19.3. The molecule has 0 saturated heterocycles. The van der Waals surface area contributed by atoms with Gasteiger partial charge in [-0.05, 0) is 0 Å². The van der Waals surface area contributed by atoms with E-state index >= 15 is 0 Å². The Morgan fingerprint density at radius 1 is 1.33 bits per heavy atom. The summed E-state index contributed by atoms with van der Waals surface area (Å²) >= 11 is 0. The average molecular weight is 178 g/mol. The van der Waals surface area contributed by atoms with Crippen LogP contribution in [0.3, 0.4) is 0 Å². The number of carbonyl (C=O) groups is 2. The number of hydrogen-bond donors (Lipinski definition) is 1. The molecule has 0 unspecified atom stereocenters. The number of methoxy groups -OCH3 is 2. The third-order valence-corrected chi connectivity index (χ3v) is 0.808. The van der Waals surface area contributed by atoms with Crippen LogP contribution in [0.15, 0.2) is 0 Å². The fraction of sp³-hybridized carbons (Fsp3) is 0.714. The third-order valence-electron chi connectivity index (χ3n) is 0.808. The fourth-order valence-corrected chi connectivity index (χ4v) is 0.189. The average Bonchev–Trinajstić information content (AvgIpc) is 2.02. The van der Waals surface area contributed by atoms with Crippen molar-refractivity contribution in [3.05, 3.63) is 0 Å². The molecule has 0 rings (SSSR count). The molecule has 5 heteroatoms. The molecule has 0 aliphatic heterocycles. The molecule has 5 nitrogen and oxygen atoms in total. The first-order valence-electron chi connectivity index (χ1n) is 3.29. The first-order valence-corrected chi connectivity index (χ1v) is 3.29. The van der Waals surface area contributed by atoms with Gasteiger partial charge in [0.05, 0.1) is 20.1 Å². The smallest absolute Gasteiger partial charge is 0.305 e. The Balaban J connectivity index is 0. The number of carbonyl (C=O) groups excluding carboxylic acids is 1. The van der Waals surface area contributed by atoms with E-state index in [-0.39, 0.29) is 12.4 Å². The highest BCUT2D eigenvalue weighted by atomic mass is 16.5. The first-order chi connectivity index (χ1) is 5.54. The number of carboxylic acids is 1. The molecule has 0 spiro atoms. The predicted octanol–water partition coefficient (Wildman–Crippen LogP) is 0.287. The van der Waals surface area contributed by atoms with E-state index in [1.807, 2.05) is 0 Å².